The molecule has 0 aliphatic heterocycles. The molecule has 1 amide bonds. The predicted octanol–water partition coefficient (Wildman–Crippen LogP) is 2.41. The zero-order valence-electron chi connectivity index (χ0n) is 13.6. The number of amides is 1. The molecule has 6 heteroatoms. The number of carbonyl (C=O) groups is 1. The molecule has 0 unspecified atom stereocenters. The Bertz CT molecular complexity index is 1160. The highest BCUT2D eigenvalue weighted by atomic mass is 16.2. The van der Waals surface area contributed by atoms with E-state index in [-0.39, 0.29) is 23.7 Å². The first-order chi connectivity index (χ1) is 12.1. The molecule has 25 heavy (non-hydrogen) atoms. The van der Waals surface area contributed by atoms with Crippen LogP contribution in [-0.2, 0) is 6.54 Å². The monoisotopic (exact) mass is 332 g/mol. The third-order valence-corrected chi connectivity index (χ3v) is 4.09. The zero-order chi connectivity index (χ0) is 17.4. The van der Waals surface area contributed by atoms with Crippen LogP contribution in [0.3, 0.4) is 0 Å². The largest absolute Gasteiger partial charge is 0.345 e. The van der Waals surface area contributed by atoms with Gasteiger partial charge in [-0.25, -0.2) is 4.98 Å². The number of rotatable bonds is 3. The molecular formula is C19H16N4O2. The SMILES string of the molecule is Cc1ccn2cc(CNC(=O)c3cc4ccccc4c(=O)[nH]3)nc2c1. The number of nitrogens with zero attached hydrogens (tertiary/aromatic N) is 2. The van der Waals surface area contributed by atoms with Crippen LogP contribution in [0.5, 0.6) is 0 Å². The number of fused-ring (bicyclic) bond motifs is 2. The van der Waals surface area contributed by atoms with Crippen molar-refractivity contribution in [2.75, 3.05) is 0 Å². The Morgan fingerprint density at radius 2 is 2.08 bits per heavy atom. The van der Waals surface area contributed by atoms with E-state index in [1.54, 1.807) is 18.2 Å². The number of benzene rings is 1. The van der Waals surface area contributed by atoms with Gasteiger partial charge in [-0.05, 0) is 42.1 Å². The molecule has 3 aromatic heterocycles. The Balaban J connectivity index is 1.56. The minimum absolute atomic E-state index is 0.239. The molecule has 2 N–H and O–H groups in total. The lowest BCUT2D eigenvalue weighted by molar-refractivity contribution is 0.0945. The molecule has 0 saturated carbocycles. The fraction of sp³-hybridized carbons (Fsp3) is 0.105. The van der Waals surface area contributed by atoms with Crippen molar-refractivity contribution in [2.24, 2.45) is 0 Å². The number of aromatic amines is 1. The summed E-state index contributed by atoms with van der Waals surface area (Å²) in [6, 6.07) is 12.8. The van der Waals surface area contributed by atoms with Gasteiger partial charge < -0.3 is 14.7 Å². The Morgan fingerprint density at radius 1 is 1.24 bits per heavy atom. The summed E-state index contributed by atoms with van der Waals surface area (Å²) in [5.41, 5.74) is 2.68. The summed E-state index contributed by atoms with van der Waals surface area (Å²) in [7, 11) is 0. The highest BCUT2D eigenvalue weighted by Crippen LogP contribution is 2.10. The van der Waals surface area contributed by atoms with E-state index in [4.69, 9.17) is 0 Å². The Morgan fingerprint density at radius 3 is 2.96 bits per heavy atom. The standard InChI is InChI=1S/C19H16N4O2/c1-12-6-7-23-11-14(21-17(23)8-12)10-20-19(25)16-9-13-4-2-3-5-15(13)18(24)22-16/h2-9,11H,10H2,1H3,(H,20,25)(H,22,24). The normalized spacial score (nSPS) is 11.1. The minimum atomic E-state index is -0.337. The first-order valence-corrected chi connectivity index (χ1v) is 7.95. The number of H-pyrrole nitrogens is 1. The minimum Gasteiger partial charge on any atom is -0.345 e. The highest BCUT2D eigenvalue weighted by molar-refractivity contribution is 5.96. The van der Waals surface area contributed by atoms with E-state index < -0.39 is 0 Å². The average molecular weight is 332 g/mol. The summed E-state index contributed by atoms with van der Waals surface area (Å²) in [5.74, 6) is -0.337. The lowest BCUT2D eigenvalue weighted by Gasteiger charge is -2.04. The fourth-order valence-corrected chi connectivity index (χ4v) is 2.82. The predicted molar refractivity (Wildman–Crippen MR) is 95.7 cm³/mol. The quantitative estimate of drug-likeness (QED) is 0.605. The van der Waals surface area contributed by atoms with Gasteiger partial charge in [0.2, 0.25) is 0 Å². The lowest BCUT2D eigenvalue weighted by atomic mass is 10.1. The van der Waals surface area contributed by atoms with Gasteiger partial charge in [0, 0.05) is 17.8 Å². The Hall–Kier alpha value is -3.41. The Labute approximate surface area is 143 Å². The number of hydrogen-bond donors (Lipinski definition) is 2. The molecule has 0 bridgehead atoms. The molecule has 0 aliphatic carbocycles. The molecule has 4 rings (SSSR count). The van der Waals surface area contributed by atoms with Crippen LogP contribution in [0.4, 0.5) is 0 Å². The number of aryl methyl sites for hydroxylation is 1. The van der Waals surface area contributed by atoms with Crippen LogP contribution in [0.15, 0.2) is 59.7 Å². The molecule has 3 heterocycles. The summed E-state index contributed by atoms with van der Waals surface area (Å²) >= 11 is 0. The number of nitrogens with one attached hydrogen (secondary N) is 2. The van der Waals surface area contributed by atoms with Gasteiger partial charge in [0.15, 0.2) is 0 Å². The van der Waals surface area contributed by atoms with Crippen LogP contribution in [0.2, 0.25) is 0 Å². The van der Waals surface area contributed by atoms with Gasteiger partial charge in [-0.15, -0.1) is 0 Å². The topological polar surface area (TPSA) is 79.3 Å². The molecule has 0 spiro atoms. The number of hydrogen-bond acceptors (Lipinski definition) is 3. The second kappa shape index (κ2) is 5.90. The molecule has 1 aromatic carbocycles. The number of carbonyl (C=O) groups excluding carboxylic acids is 1. The van der Waals surface area contributed by atoms with Crippen molar-refractivity contribution in [3.8, 4) is 0 Å². The van der Waals surface area contributed by atoms with Gasteiger partial charge in [-0.2, -0.15) is 0 Å². The number of pyridine rings is 2. The second-order valence-electron chi connectivity index (χ2n) is 5.98. The maximum Gasteiger partial charge on any atom is 0.268 e. The van der Waals surface area contributed by atoms with Gasteiger partial charge in [0.1, 0.15) is 11.3 Å². The van der Waals surface area contributed by atoms with E-state index in [9.17, 15) is 9.59 Å². The highest BCUT2D eigenvalue weighted by Gasteiger charge is 2.10. The summed E-state index contributed by atoms with van der Waals surface area (Å²) in [6.45, 7) is 2.29. The van der Waals surface area contributed by atoms with Crippen molar-refractivity contribution in [2.45, 2.75) is 13.5 Å². The summed E-state index contributed by atoms with van der Waals surface area (Å²) in [6.07, 6.45) is 3.81. The van der Waals surface area contributed by atoms with Gasteiger partial charge in [-0.1, -0.05) is 18.2 Å². The van der Waals surface area contributed by atoms with E-state index in [0.29, 0.717) is 5.39 Å². The lowest BCUT2D eigenvalue weighted by Crippen LogP contribution is -2.26. The van der Waals surface area contributed by atoms with Crippen molar-refractivity contribution < 1.29 is 4.79 Å². The molecule has 0 radical (unpaired) electrons. The molecule has 0 fully saturated rings. The van der Waals surface area contributed by atoms with E-state index in [2.05, 4.69) is 15.3 Å². The average Bonchev–Trinajstić information content (AvgIpc) is 3.01. The van der Waals surface area contributed by atoms with E-state index >= 15 is 0 Å². The van der Waals surface area contributed by atoms with Crippen LogP contribution in [0, 0.1) is 6.92 Å². The van der Waals surface area contributed by atoms with E-state index in [1.165, 1.54) is 0 Å². The van der Waals surface area contributed by atoms with Crippen LogP contribution in [0.1, 0.15) is 21.7 Å². The summed E-state index contributed by atoms with van der Waals surface area (Å²) < 4.78 is 1.91. The van der Waals surface area contributed by atoms with E-state index in [0.717, 1.165) is 22.3 Å². The molecule has 4 aromatic rings. The van der Waals surface area contributed by atoms with Crippen LogP contribution in [0.25, 0.3) is 16.4 Å². The molecule has 0 saturated heterocycles. The van der Waals surface area contributed by atoms with Crippen LogP contribution < -0.4 is 10.9 Å². The van der Waals surface area contributed by atoms with Gasteiger partial charge >= 0.3 is 0 Å². The molecule has 6 nitrogen and oxygen atoms in total. The first kappa shape index (κ1) is 15.1. The van der Waals surface area contributed by atoms with Gasteiger partial charge in [0.05, 0.1) is 12.2 Å². The van der Waals surface area contributed by atoms with Crippen LogP contribution >= 0.6 is 0 Å². The molecule has 124 valence electrons. The van der Waals surface area contributed by atoms with Gasteiger partial charge in [-0.3, -0.25) is 9.59 Å². The second-order valence-corrected chi connectivity index (χ2v) is 5.98. The van der Waals surface area contributed by atoms with Crippen molar-refractivity contribution in [1.29, 1.82) is 0 Å². The maximum absolute atomic E-state index is 12.4. The maximum atomic E-state index is 12.4. The molecular weight excluding hydrogens is 316 g/mol. The first-order valence-electron chi connectivity index (χ1n) is 7.95. The number of aromatic nitrogens is 3. The third-order valence-electron chi connectivity index (χ3n) is 4.09. The fourth-order valence-electron chi connectivity index (χ4n) is 2.82. The third kappa shape index (κ3) is 2.89. The molecule has 0 atom stereocenters. The number of imidazole rings is 1. The van der Waals surface area contributed by atoms with Crippen molar-refractivity contribution >= 4 is 22.3 Å². The smallest absolute Gasteiger partial charge is 0.268 e. The Kier molecular flexibility index (Phi) is 3.57. The van der Waals surface area contributed by atoms with Crippen molar-refractivity contribution in [3.05, 3.63) is 82.2 Å². The summed E-state index contributed by atoms with van der Waals surface area (Å²) in [5, 5.41) is 4.10. The van der Waals surface area contributed by atoms with Gasteiger partial charge in [0.25, 0.3) is 11.5 Å². The van der Waals surface area contributed by atoms with Crippen LogP contribution in [-0.4, -0.2) is 20.3 Å². The van der Waals surface area contributed by atoms with Crippen molar-refractivity contribution in [3.63, 3.8) is 0 Å². The van der Waals surface area contributed by atoms with Crippen molar-refractivity contribution in [1.82, 2.24) is 19.7 Å². The summed E-state index contributed by atoms with van der Waals surface area (Å²) in [4.78, 5) is 31.6. The molecule has 0 aliphatic rings. The zero-order valence-corrected chi connectivity index (χ0v) is 13.6. The van der Waals surface area contributed by atoms with E-state index in [1.807, 2.05) is 48.0 Å².